The molecule has 2 atom stereocenters. The molecule has 11 heteroatoms. The first kappa shape index (κ1) is 27.3. The molecule has 0 spiro atoms. The number of pyridine rings is 2. The highest BCUT2D eigenvalue weighted by molar-refractivity contribution is 7.90. The van der Waals surface area contributed by atoms with Crippen LogP contribution in [0.3, 0.4) is 0 Å². The number of carbonyl (C=O) groups is 1. The molecule has 0 radical (unpaired) electrons. The monoisotopic (exact) mass is 542 g/mol. The number of H-pyrrole nitrogens is 1. The maximum Gasteiger partial charge on any atom is 0.269 e. The van der Waals surface area contributed by atoms with E-state index in [1.165, 1.54) is 36.5 Å². The van der Waals surface area contributed by atoms with Crippen molar-refractivity contribution in [2.75, 3.05) is 11.5 Å². The Kier molecular flexibility index (Phi) is 7.86. The number of rotatable bonds is 8. The number of hydrogen-bond acceptors (Lipinski definition) is 7. The number of ether oxygens (including phenoxy) is 1. The van der Waals surface area contributed by atoms with Crippen LogP contribution in [-0.2, 0) is 10.0 Å². The van der Waals surface area contributed by atoms with Crippen LogP contribution in [-0.4, -0.2) is 43.0 Å². The third-order valence-corrected chi connectivity index (χ3v) is 7.72. The molecule has 2 N–H and O–H groups in total. The number of aromatic nitrogens is 2. The lowest BCUT2D eigenvalue weighted by atomic mass is 10.1. The zero-order chi connectivity index (χ0) is 27.6. The first-order chi connectivity index (χ1) is 18.0. The molecule has 1 amide bonds. The van der Waals surface area contributed by atoms with Crippen LogP contribution >= 0.6 is 0 Å². The van der Waals surface area contributed by atoms with E-state index < -0.39 is 32.2 Å². The number of aromatic amines is 1. The zero-order valence-electron chi connectivity index (χ0n) is 21.7. The summed E-state index contributed by atoms with van der Waals surface area (Å²) in [4.78, 5) is 33.7. The molecule has 9 nitrogen and oxygen atoms in total. The Hall–Kier alpha value is -3.73. The first-order valence-electron chi connectivity index (χ1n) is 12.4. The number of halogens is 1. The molecule has 0 unspecified atom stereocenters. The first-order valence-corrected chi connectivity index (χ1v) is 13.9. The summed E-state index contributed by atoms with van der Waals surface area (Å²) in [6.07, 6.45) is 3.02. The molecule has 3 aromatic rings. The Balaban J connectivity index is 1.76. The van der Waals surface area contributed by atoms with Crippen molar-refractivity contribution in [1.29, 1.82) is 0 Å². The van der Waals surface area contributed by atoms with Crippen molar-refractivity contribution in [3.63, 3.8) is 0 Å². The van der Waals surface area contributed by atoms with Gasteiger partial charge in [-0.2, -0.15) is 0 Å². The molecule has 1 aromatic carbocycles. The van der Waals surface area contributed by atoms with E-state index >= 15 is 0 Å². The molecule has 1 aliphatic rings. The number of anilines is 1. The summed E-state index contributed by atoms with van der Waals surface area (Å²) in [5, 5.41) is 0. The molecule has 0 bridgehead atoms. The number of amides is 1. The molecule has 1 saturated heterocycles. The van der Waals surface area contributed by atoms with Gasteiger partial charge in [-0.25, -0.2) is 22.5 Å². The Morgan fingerprint density at radius 1 is 1.18 bits per heavy atom. The topological polar surface area (TPSA) is 121 Å². The number of nitrogens with one attached hydrogen (secondary N) is 2. The number of benzene rings is 1. The molecular weight excluding hydrogens is 511 g/mol. The summed E-state index contributed by atoms with van der Waals surface area (Å²) in [5.41, 5.74) is 0.0434. The molecule has 3 heterocycles. The van der Waals surface area contributed by atoms with Crippen molar-refractivity contribution in [3.05, 3.63) is 70.4 Å². The van der Waals surface area contributed by atoms with Crippen LogP contribution in [0.25, 0.3) is 11.3 Å². The summed E-state index contributed by atoms with van der Waals surface area (Å²) in [5.74, 6) is -0.517. The van der Waals surface area contributed by atoms with Crippen molar-refractivity contribution in [3.8, 4) is 17.0 Å². The standard InChI is InChI=1S/C27H31FN4O5S/c1-16(2)15-37-21-13-19(12-20(28)14-21)23-10-9-22(25(30-23)32-17(3)7-8-18(32)4)26(33)31-38(35,36)24-6-5-11-29-27(24)34/h5-6,9-14,16-18H,7-8,15H2,1-4H3,(H,29,34)(H,31,33)/t17-,18+. The summed E-state index contributed by atoms with van der Waals surface area (Å²) in [6.45, 7) is 8.40. The van der Waals surface area contributed by atoms with E-state index in [1.54, 1.807) is 6.07 Å². The summed E-state index contributed by atoms with van der Waals surface area (Å²) >= 11 is 0. The van der Waals surface area contributed by atoms with E-state index in [4.69, 9.17) is 9.72 Å². The minimum absolute atomic E-state index is 0.0259. The Labute approximate surface area is 221 Å². The molecule has 2 aromatic heterocycles. The average Bonchev–Trinajstić information content (AvgIpc) is 3.19. The summed E-state index contributed by atoms with van der Waals surface area (Å²) in [7, 11) is -4.45. The average molecular weight is 543 g/mol. The van der Waals surface area contributed by atoms with E-state index in [0.29, 0.717) is 23.6 Å². The SMILES string of the molecule is CC(C)COc1cc(F)cc(-c2ccc(C(=O)NS(=O)(=O)c3ccc[nH]c3=O)c(N3[C@H](C)CC[C@@H]3C)n2)c1. The van der Waals surface area contributed by atoms with E-state index in [2.05, 4.69) is 4.98 Å². The minimum atomic E-state index is -4.45. The van der Waals surface area contributed by atoms with Gasteiger partial charge >= 0.3 is 0 Å². The van der Waals surface area contributed by atoms with E-state index in [9.17, 15) is 22.4 Å². The highest BCUT2D eigenvalue weighted by Crippen LogP contribution is 2.34. The maximum absolute atomic E-state index is 14.5. The van der Waals surface area contributed by atoms with E-state index in [-0.39, 0.29) is 29.4 Å². The van der Waals surface area contributed by atoms with Crippen LogP contribution in [0.15, 0.2) is 58.4 Å². The van der Waals surface area contributed by atoms with E-state index in [1.807, 2.05) is 37.3 Å². The minimum Gasteiger partial charge on any atom is -0.493 e. The fourth-order valence-electron chi connectivity index (χ4n) is 4.50. The molecule has 1 fully saturated rings. The zero-order valence-corrected chi connectivity index (χ0v) is 22.5. The lowest BCUT2D eigenvalue weighted by molar-refractivity contribution is 0.0981. The molecule has 4 rings (SSSR count). The molecule has 38 heavy (non-hydrogen) atoms. The van der Waals surface area contributed by atoms with Crippen LogP contribution in [0, 0.1) is 11.7 Å². The van der Waals surface area contributed by atoms with E-state index in [0.717, 1.165) is 18.9 Å². The lowest BCUT2D eigenvalue weighted by Gasteiger charge is -2.29. The predicted molar refractivity (Wildman–Crippen MR) is 142 cm³/mol. The fourth-order valence-corrected chi connectivity index (χ4v) is 5.53. The van der Waals surface area contributed by atoms with Crippen molar-refractivity contribution in [2.24, 2.45) is 5.92 Å². The van der Waals surface area contributed by atoms with Crippen molar-refractivity contribution >= 4 is 21.7 Å². The number of sulfonamides is 1. The van der Waals surface area contributed by atoms with Crippen LogP contribution in [0.2, 0.25) is 0 Å². The number of nitrogens with zero attached hydrogens (tertiary/aromatic N) is 2. The fraction of sp³-hybridized carbons (Fsp3) is 0.370. The summed E-state index contributed by atoms with van der Waals surface area (Å²) < 4.78 is 47.8. The molecule has 1 aliphatic heterocycles. The molecule has 202 valence electrons. The van der Waals surface area contributed by atoms with Gasteiger partial charge in [0.2, 0.25) is 0 Å². The van der Waals surface area contributed by atoms with Crippen molar-refractivity contribution in [1.82, 2.24) is 14.7 Å². The predicted octanol–water partition coefficient (Wildman–Crippen LogP) is 4.11. The largest absolute Gasteiger partial charge is 0.493 e. The highest BCUT2D eigenvalue weighted by Gasteiger charge is 2.33. The van der Waals surface area contributed by atoms with Gasteiger partial charge in [0, 0.05) is 29.9 Å². The van der Waals surface area contributed by atoms with Gasteiger partial charge in [0.15, 0.2) is 4.90 Å². The molecule has 0 aliphatic carbocycles. The number of hydrogen-bond donors (Lipinski definition) is 2. The Morgan fingerprint density at radius 2 is 1.89 bits per heavy atom. The van der Waals surface area contributed by atoms with Gasteiger partial charge < -0.3 is 14.6 Å². The quantitative estimate of drug-likeness (QED) is 0.439. The number of carbonyl (C=O) groups excluding carboxylic acids is 1. The van der Waals surface area contributed by atoms with Crippen LogP contribution in [0.1, 0.15) is 50.9 Å². The smallest absolute Gasteiger partial charge is 0.269 e. The third kappa shape index (κ3) is 5.88. The lowest BCUT2D eigenvalue weighted by Crippen LogP contribution is -2.38. The van der Waals surface area contributed by atoms with Gasteiger partial charge in [0.25, 0.3) is 21.5 Å². The van der Waals surface area contributed by atoms with Gasteiger partial charge in [-0.05, 0) is 69.0 Å². The van der Waals surface area contributed by atoms with Crippen LogP contribution in [0.4, 0.5) is 10.2 Å². The second-order valence-corrected chi connectivity index (χ2v) is 11.6. The Bertz CT molecular complexity index is 1500. The maximum atomic E-state index is 14.5. The van der Waals surface area contributed by atoms with Gasteiger partial charge in [0.05, 0.1) is 17.9 Å². The summed E-state index contributed by atoms with van der Waals surface area (Å²) in [6, 6.07) is 9.85. The van der Waals surface area contributed by atoms with Crippen LogP contribution < -0.4 is 19.9 Å². The Morgan fingerprint density at radius 3 is 2.55 bits per heavy atom. The van der Waals surface area contributed by atoms with Gasteiger partial charge in [0.1, 0.15) is 17.4 Å². The van der Waals surface area contributed by atoms with Gasteiger partial charge in [-0.1, -0.05) is 13.8 Å². The van der Waals surface area contributed by atoms with Gasteiger partial charge in [-0.15, -0.1) is 0 Å². The highest BCUT2D eigenvalue weighted by atomic mass is 32.2. The molecule has 0 saturated carbocycles. The van der Waals surface area contributed by atoms with Gasteiger partial charge in [-0.3, -0.25) is 9.59 Å². The van der Waals surface area contributed by atoms with Crippen molar-refractivity contribution < 1.29 is 22.3 Å². The second-order valence-electron chi connectivity index (χ2n) is 9.93. The van der Waals surface area contributed by atoms with Crippen molar-refractivity contribution in [2.45, 2.75) is 57.5 Å². The second kappa shape index (κ2) is 10.9. The normalized spacial score (nSPS) is 17.6. The third-order valence-electron chi connectivity index (χ3n) is 6.37. The van der Waals surface area contributed by atoms with Crippen LogP contribution in [0.5, 0.6) is 5.75 Å². The molecular formula is C27H31FN4O5S.